The average Bonchev–Trinajstić information content (AvgIpc) is 2.63. The first-order valence-corrected chi connectivity index (χ1v) is 5.21. The van der Waals surface area contributed by atoms with Crippen molar-refractivity contribution in [2.45, 2.75) is 13.5 Å². The standard InChI is InChI=1S/C10H9BrN2O2/c1-7-10(13-15-12-7)6-14-9-4-2-8(11)3-5-9/h2-5H,6H2,1H3. The van der Waals surface area contributed by atoms with Crippen molar-refractivity contribution in [1.29, 1.82) is 0 Å². The van der Waals surface area contributed by atoms with Gasteiger partial charge in [-0.2, -0.15) is 0 Å². The number of hydrogen-bond acceptors (Lipinski definition) is 4. The van der Waals surface area contributed by atoms with E-state index in [-0.39, 0.29) is 0 Å². The second kappa shape index (κ2) is 4.44. The second-order valence-electron chi connectivity index (χ2n) is 3.04. The minimum atomic E-state index is 0.372. The van der Waals surface area contributed by atoms with E-state index in [9.17, 15) is 0 Å². The first-order chi connectivity index (χ1) is 7.25. The Morgan fingerprint density at radius 1 is 1.27 bits per heavy atom. The maximum atomic E-state index is 5.50. The number of nitrogens with zero attached hydrogens (tertiary/aromatic N) is 2. The molecule has 0 aliphatic rings. The van der Waals surface area contributed by atoms with Crippen LogP contribution in [0.3, 0.4) is 0 Å². The van der Waals surface area contributed by atoms with Gasteiger partial charge >= 0.3 is 0 Å². The molecule has 0 fully saturated rings. The van der Waals surface area contributed by atoms with Gasteiger partial charge in [0.15, 0.2) is 0 Å². The van der Waals surface area contributed by atoms with Crippen molar-refractivity contribution in [3.8, 4) is 5.75 Å². The number of aryl methyl sites for hydroxylation is 1. The van der Waals surface area contributed by atoms with Crippen molar-refractivity contribution >= 4 is 15.9 Å². The van der Waals surface area contributed by atoms with E-state index >= 15 is 0 Å². The third-order valence-corrected chi connectivity index (χ3v) is 2.46. The van der Waals surface area contributed by atoms with Gasteiger partial charge in [0.05, 0.1) is 0 Å². The number of halogens is 1. The molecule has 2 aromatic rings. The summed E-state index contributed by atoms with van der Waals surface area (Å²) in [5.41, 5.74) is 1.48. The molecule has 0 atom stereocenters. The summed E-state index contributed by atoms with van der Waals surface area (Å²) in [6.45, 7) is 2.20. The third kappa shape index (κ3) is 2.56. The van der Waals surface area contributed by atoms with E-state index in [0.29, 0.717) is 6.61 Å². The lowest BCUT2D eigenvalue weighted by atomic mass is 10.3. The van der Waals surface area contributed by atoms with Crippen LogP contribution < -0.4 is 4.74 Å². The molecule has 5 heteroatoms. The van der Waals surface area contributed by atoms with Gasteiger partial charge in [0.2, 0.25) is 0 Å². The predicted octanol–water partition coefficient (Wildman–Crippen LogP) is 2.72. The summed E-state index contributed by atoms with van der Waals surface area (Å²) >= 11 is 3.35. The highest BCUT2D eigenvalue weighted by atomic mass is 79.9. The van der Waals surface area contributed by atoms with E-state index in [4.69, 9.17) is 4.74 Å². The van der Waals surface area contributed by atoms with Gasteiger partial charge < -0.3 is 4.74 Å². The molecule has 0 unspecified atom stereocenters. The lowest BCUT2D eigenvalue weighted by molar-refractivity contribution is 0.270. The number of benzene rings is 1. The van der Waals surface area contributed by atoms with Crippen LogP contribution in [0.5, 0.6) is 5.75 Å². The Morgan fingerprint density at radius 2 is 2.00 bits per heavy atom. The van der Waals surface area contributed by atoms with E-state index in [2.05, 4.69) is 30.9 Å². The molecular formula is C10H9BrN2O2. The monoisotopic (exact) mass is 268 g/mol. The van der Waals surface area contributed by atoms with Gasteiger partial charge in [-0.05, 0) is 31.2 Å². The molecule has 0 spiro atoms. The molecule has 15 heavy (non-hydrogen) atoms. The number of rotatable bonds is 3. The molecule has 0 N–H and O–H groups in total. The average molecular weight is 269 g/mol. The topological polar surface area (TPSA) is 48.2 Å². The zero-order valence-corrected chi connectivity index (χ0v) is 9.69. The van der Waals surface area contributed by atoms with Gasteiger partial charge in [-0.15, -0.1) is 0 Å². The van der Waals surface area contributed by atoms with Gasteiger partial charge in [-0.25, -0.2) is 4.63 Å². The molecule has 1 aromatic carbocycles. The normalized spacial score (nSPS) is 10.3. The molecule has 0 saturated heterocycles. The first kappa shape index (κ1) is 10.2. The largest absolute Gasteiger partial charge is 0.487 e. The minimum absolute atomic E-state index is 0.372. The Kier molecular flexibility index (Phi) is 3.01. The van der Waals surface area contributed by atoms with Gasteiger partial charge in [-0.3, -0.25) is 0 Å². The van der Waals surface area contributed by atoms with Gasteiger partial charge in [-0.1, -0.05) is 26.2 Å². The lowest BCUT2D eigenvalue weighted by Gasteiger charge is -2.03. The van der Waals surface area contributed by atoms with Crippen molar-refractivity contribution in [2.75, 3.05) is 0 Å². The molecule has 1 heterocycles. The van der Waals surface area contributed by atoms with Gasteiger partial charge in [0.25, 0.3) is 0 Å². The van der Waals surface area contributed by atoms with Gasteiger partial charge in [0, 0.05) is 4.47 Å². The van der Waals surface area contributed by atoms with E-state index in [1.165, 1.54) is 0 Å². The highest BCUT2D eigenvalue weighted by molar-refractivity contribution is 9.10. The second-order valence-corrected chi connectivity index (χ2v) is 3.95. The molecule has 0 aliphatic carbocycles. The zero-order chi connectivity index (χ0) is 10.7. The number of aromatic nitrogens is 2. The summed E-state index contributed by atoms with van der Waals surface area (Å²) in [4.78, 5) is 0. The molecular weight excluding hydrogens is 260 g/mol. The maximum absolute atomic E-state index is 5.50. The van der Waals surface area contributed by atoms with E-state index in [0.717, 1.165) is 21.6 Å². The fraction of sp³-hybridized carbons (Fsp3) is 0.200. The van der Waals surface area contributed by atoms with Crippen LogP contribution in [0.4, 0.5) is 0 Å². The van der Waals surface area contributed by atoms with E-state index in [1.54, 1.807) is 0 Å². The van der Waals surface area contributed by atoms with Crippen LogP contribution in [0.1, 0.15) is 11.4 Å². The third-order valence-electron chi connectivity index (χ3n) is 1.94. The summed E-state index contributed by atoms with van der Waals surface area (Å²) in [5, 5.41) is 7.40. The molecule has 0 aliphatic heterocycles. The van der Waals surface area contributed by atoms with Gasteiger partial charge in [0.1, 0.15) is 23.7 Å². The molecule has 4 nitrogen and oxygen atoms in total. The molecule has 78 valence electrons. The van der Waals surface area contributed by atoms with Crippen LogP contribution in [0, 0.1) is 6.92 Å². The van der Waals surface area contributed by atoms with Crippen LogP contribution in [0.15, 0.2) is 33.4 Å². The molecule has 0 bridgehead atoms. The summed E-state index contributed by atoms with van der Waals surface area (Å²) in [6.07, 6.45) is 0. The Balaban J connectivity index is 1.99. The maximum Gasteiger partial charge on any atom is 0.145 e. The van der Waals surface area contributed by atoms with Crippen LogP contribution in [0.2, 0.25) is 0 Å². The minimum Gasteiger partial charge on any atom is -0.487 e. The Labute approximate surface area is 95.3 Å². The Hall–Kier alpha value is -1.36. The van der Waals surface area contributed by atoms with E-state index in [1.807, 2.05) is 31.2 Å². The Bertz CT molecular complexity index is 439. The molecule has 0 amide bonds. The Morgan fingerprint density at radius 3 is 2.60 bits per heavy atom. The zero-order valence-electron chi connectivity index (χ0n) is 8.11. The van der Waals surface area contributed by atoms with Crippen molar-refractivity contribution < 1.29 is 9.37 Å². The quantitative estimate of drug-likeness (QED) is 0.859. The van der Waals surface area contributed by atoms with Crippen LogP contribution in [-0.4, -0.2) is 10.3 Å². The highest BCUT2D eigenvalue weighted by Gasteiger charge is 2.05. The highest BCUT2D eigenvalue weighted by Crippen LogP contribution is 2.17. The lowest BCUT2D eigenvalue weighted by Crippen LogP contribution is -1.97. The number of hydrogen-bond donors (Lipinski definition) is 0. The molecule has 0 radical (unpaired) electrons. The van der Waals surface area contributed by atoms with Crippen molar-refractivity contribution in [3.05, 3.63) is 40.1 Å². The van der Waals surface area contributed by atoms with Crippen molar-refractivity contribution in [1.82, 2.24) is 10.3 Å². The molecule has 0 saturated carbocycles. The van der Waals surface area contributed by atoms with Crippen LogP contribution >= 0.6 is 15.9 Å². The van der Waals surface area contributed by atoms with E-state index < -0.39 is 0 Å². The van der Waals surface area contributed by atoms with Crippen LogP contribution in [-0.2, 0) is 6.61 Å². The fourth-order valence-electron chi connectivity index (χ4n) is 1.06. The predicted molar refractivity (Wildman–Crippen MR) is 57.5 cm³/mol. The summed E-state index contributed by atoms with van der Waals surface area (Å²) < 4.78 is 11.1. The molecule has 1 aromatic heterocycles. The SMILES string of the molecule is Cc1nonc1COc1ccc(Br)cc1. The smallest absolute Gasteiger partial charge is 0.145 e. The van der Waals surface area contributed by atoms with Crippen molar-refractivity contribution in [3.63, 3.8) is 0 Å². The first-order valence-electron chi connectivity index (χ1n) is 4.42. The van der Waals surface area contributed by atoms with Crippen molar-refractivity contribution in [2.24, 2.45) is 0 Å². The fourth-order valence-corrected chi connectivity index (χ4v) is 1.33. The van der Waals surface area contributed by atoms with Crippen LogP contribution in [0.25, 0.3) is 0 Å². The summed E-state index contributed by atoms with van der Waals surface area (Å²) in [6, 6.07) is 7.60. The summed E-state index contributed by atoms with van der Waals surface area (Å²) in [5.74, 6) is 0.792. The molecule has 2 rings (SSSR count). The summed E-state index contributed by atoms with van der Waals surface area (Å²) in [7, 11) is 0. The number of ether oxygens (including phenoxy) is 1.